The predicted molar refractivity (Wildman–Crippen MR) is 38.1 cm³/mol. The van der Waals surface area contributed by atoms with E-state index in [1.54, 1.807) is 0 Å². The van der Waals surface area contributed by atoms with Gasteiger partial charge in [-0.3, -0.25) is 0 Å². The third-order valence-electron chi connectivity index (χ3n) is 0.434. The minimum atomic E-state index is 0.545. The van der Waals surface area contributed by atoms with Gasteiger partial charge in [0.05, 0.1) is 12.4 Å². The second-order valence-electron chi connectivity index (χ2n) is 0.963. The summed E-state index contributed by atoms with van der Waals surface area (Å²) in [7, 11) is 0. The second kappa shape index (κ2) is 4.40. The van der Waals surface area contributed by atoms with E-state index < -0.39 is 0 Å². The fraction of sp³-hybridized carbons (Fsp3) is 0.750. The summed E-state index contributed by atoms with van der Waals surface area (Å²) < 4.78 is 4.85. The fourth-order valence-electron chi connectivity index (χ4n) is 0.207. The summed E-state index contributed by atoms with van der Waals surface area (Å²) in [6, 6.07) is 0. The fourth-order valence-corrected chi connectivity index (χ4v) is 0.416. The van der Waals surface area contributed by atoms with E-state index in [0.29, 0.717) is 17.4 Å². The largest absolute Gasteiger partial charge is 0.486 e. The maximum Gasteiger partial charge on any atom is 0.169 e. The molecule has 42 valence electrons. The molecule has 3 heteroatoms. The number of rotatable bonds is 2. The van der Waals surface area contributed by atoms with E-state index in [-0.39, 0.29) is 0 Å². The average Bonchev–Trinajstić information content (AvgIpc) is 1.68. The van der Waals surface area contributed by atoms with Gasteiger partial charge in [-0.1, -0.05) is 0 Å². The maximum absolute atomic E-state index is 4.85. The van der Waals surface area contributed by atoms with Crippen molar-refractivity contribution in [2.45, 2.75) is 6.92 Å². The van der Waals surface area contributed by atoms with Crippen LogP contribution in [0.4, 0.5) is 0 Å². The molecule has 0 aromatic heterocycles. The van der Waals surface area contributed by atoms with E-state index in [2.05, 4.69) is 24.8 Å². The highest BCUT2D eigenvalue weighted by Crippen LogP contribution is 1.83. The summed E-state index contributed by atoms with van der Waals surface area (Å²) in [4.78, 5) is 0. The van der Waals surface area contributed by atoms with Gasteiger partial charge in [-0.25, -0.2) is 0 Å². The lowest BCUT2D eigenvalue weighted by atomic mass is 10.8. The van der Waals surface area contributed by atoms with Gasteiger partial charge in [0.1, 0.15) is 0 Å². The summed E-state index contributed by atoms with van der Waals surface area (Å²) >= 11 is 8.54. The summed E-state index contributed by atoms with van der Waals surface area (Å²) in [5.41, 5.74) is 0. The van der Waals surface area contributed by atoms with Gasteiger partial charge in [0, 0.05) is 0 Å². The first kappa shape index (κ1) is 7.24. The molecule has 0 aliphatic carbocycles. The highest BCUT2D eigenvalue weighted by atomic mass is 32.1. The Labute approximate surface area is 54.5 Å². The lowest BCUT2D eigenvalue weighted by molar-refractivity contribution is 0.335. The van der Waals surface area contributed by atoms with Crippen LogP contribution in [0.2, 0.25) is 0 Å². The smallest absolute Gasteiger partial charge is 0.169 e. The van der Waals surface area contributed by atoms with Crippen molar-refractivity contribution >= 4 is 29.9 Å². The molecule has 0 unspecified atom stereocenters. The molecule has 0 bridgehead atoms. The second-order valence-corrected chi connectivity index (χ2v) is 1.73. The van der Waals surface area contributed by atoms with Crippen molar-refractivity contribution in [1.29, 1.82) is 0 Å². The number of hydrogen-bond donors (Lipinski definition) is 1. The Hall–Kier alpha value is 0.240. The molecule has 0 radical (unpaired) electrons. The SMILES string of the molecule is CCOC(=S)CS. The minimum absolute atomic E-state index is 0.545. The molecule has 0 amide bonds. The van der Waals surface area contributed by atoms with Crippen LogP contribution < -0.4 is 0 Å². The zero-order valence-corrected chi connectivity index (χ0v) is 5.89. The average molecular weight is 136 g/mol. The lowest BCUT2D eigenvalue weighted by Crippen LogP contribution is -2.01. The van der Waals surface area contributed by atoms with Crippen LogP contribution in [0.5, 0.6) is 0 Å². The van der Waals surface area contributed by atoms with Crippen LogP contribution in [0.3, 0.4) is 0 Å². The van der Waals surface area contributed by atoms with Crippen molar-refractivity contribution in [2.75, 3.05) is 12.4 Å². The zero-order valence-electron chi connectivity index (χ0n) is 4.18. The van der Waals surface area contributed by atoms with E-state index in [1.807, 2.05) is 6.92 Å². The highest BCUT2D eigenvalue weighted by molar-refractivity contribution is 7.85. The molecule has 0 N–H and O–H groups in total. The molecule has 0 saturated carbocycles. The Kier molecular flexibility index (Phi) is 4.55. The normalized spacial score (nSPS) is 8.29. The van der Waals surface area contributed by atoms with Crippen LogP contribution in [0.15, 0.2) is 0 Å². The molecular weight excluding hydrogens is 128 g/mol. The molecule has 0 aliphatic heterocycles. The van der Waals surface area contributed by atoms with Crippen LogP contribution in [0.1, 0.15) is 6.92 Å². The number of thiol groups is 1. The van der Waals surface area contributed by atoms with E-state index in [1.165, 1.54) is 0 Å². The molecule has 0 aromatic carbocycles. The quantitative estimate of drug-likeness (QED) is 0.452. The molecule has 0 aliphatic rings. The van der Waals surface area contributed by atoms with Crippen LogP contribution in [0.25, 0.3) is 0 Å². The molecule has 1 nitrogen and oxygen atoms in total. The summed E-state index contributed by atoms with van der Waals surface area (Å²) in [6.07, 6.45) is 0. The van der Waals surface area contributed by atoms with Crippen LogP contribution in [-0.2, 0) is 4.74 Å². The van der Waals surface area contributed by atoms with E-state index in [4.69, 9.17) is 4.74 Å². The van der Waals surface area contributed by atoms with Gasteiger partial charge in [-0.05, 0) is 19.1 Å². The van der Waals surface area contributed by atoms with Gasteiger partial charge in [0.25, 0.3) is 0 Å². The number of thiocarbonyl (C=S) groups is 1. The van der Waals surface area contributed by atoms with Crippen molar-refractivity contribution in [3.63, 3.8) is 0 Å². The zero-order chi connectivity index (χ0) is 5.70. The lowest BCUT2D eigenvalue weighted by Gasteiger charge is -1.97. The number of hydrogen-bond acceptors (Lipinski definition) is 3. The first-order chi connectivity index (χ1) is 3.31. The molecule has 0 spiro atoms. The van der Waals surface area contributed by atoms with Crippen molar-refractivity contribution in [3.05, 3.63) is 0 Å². The van der Waals surface area contributed by atoms with E-state index in [9.17, 15) is 0 Å². The third-order valence-corrected chi connectivity index (χ3v) is 1.20. The monoisotopic (exact) mass is 136 g/mol. The van der Waals surface area contributed by atoms with Crippen molar-refractivity contribution < 1.29 is 4.74 Å². The van der Waals surface area contributed by atoms with Crippen LogP contribution >= 0.6 is 24.8 Å². The van der Waals surface area contributed by atoms with E-state index >= 15 is 0 Å². The first-order valence-electron chi connectivity index (χ1n) is 2.07. The summed E-state index contributed by atoms with van der Waals surface area (Å²) in [6.45, 7) is 2.55. The molecule has 0 saturated heterocycles. The molecule has 7 heavy (non-hydrogen) atoms. The Bertz CT molecular complexity index is 62.7. The van der Waals surface area contributed by atoms with Crippen molar-refractivity contribution in [3.8, 4) is 0 Å². The topological polar surface area (TPSA) is 9.23 Å². The Morgan fingerprint density at radius 2 is 2.43 bits per heavy atom. The van der Waals surface area contributed by atoms with E-state index in [0.717, 1.165) is 0 Å². The predicted octanol–water partition coefficient (Wildman–Crippen LogP) is 1.28. The van der Waals surface area contributed by atoms with Crippen molar-refractivity contribution in [2.24, 2.45) is 0 Å². The molecule has 0 aromatic rings. The maximum atomic E-state index is 4.85. The molecular formula is C4H8OS2. The standard InChI is InChI=1S/C4H8OS2/c1-2-5-4(7)3-6/h6H,2-3H2,1H3. The molecule has 0 fully saturated rings. The third kappa shape index (κ3) is 4.09. The Balaban J connectivity index is 3.00. The number of ether oxygens (including phenoxy) is 1. The highest BCUT2D eigenvalue weighted by Gasteiger charge is 1.86. The van der Waals surface area contributed by atoms with Crippen molar-refractivity contribution in [1.82, 2.24) is 0 Å². The minimum Gasteiger partial charge on any atom is -0.486 e. The van der Waals surface area contributed by atoms with Gasteiger partial charge in [-0.2, -0.15) is 12.6 Å². The van der Waals surface area contributed by atoms with Gasteiger partial charge >= 0.3 is 0 Å². The van der Waals surface area contributed by atoms with Crippen LogP contribution in [0, 0.1) is 0 Å². The summed E-state index contributed by atoms with van der Waals surface area (Å²) in [5.74, 6) is 0.545. The molecule has 0 atom stereocenters. The molecule has 0 heterocycles. The Morgan fingerprint density at radius 3 is 2.57 bits per heavy atom. The molecule has 0 rings (SSSR count). The van der Waals surface area contributed by atoms with Gasteiger partial charge in [0.2, 0.25) is 0 Å². The Morgan fingerprint density at radius 1 is 1.86 bits per heavy atom. The van der Waals surface area contributed by atoms with Gasteiger partial charge in [0.15, 0.2) is 5.05 Å². The summed E-state index contributed by atoms with van der Waals surface area (Å²) in [5, 5.41) is 0.575. The van der Waals surface area contributed by atoms with Gasteiger partial charge < -0.3 is 4.74 Å². The van der Waals surface area contributed by atoms with Gasteiger partial charge in [-0.15, -0.1) is 0 Å². The van der Waals surface area contributed by atoms with Crippen LogP contribution in [-0.4, -0.2) is 17.4 Å². The first-order valence-corrected chi connectivity index (χ1v) is 3.11.